The highest BCUT2D eigenvalue weighted by molar-refractivity contribution is 8.00. The minimum Gasteiger partial charge on any atom is -0.311 e. The Morgan fingerprint density at radius 1 is 0.230 bits per heavy atom. The molecule has 0 bridgehead atoms. The molecule has 8 heteroatoms. The molecule has 5 nitrogen and oxygen atoms in total. The lowest BCUT2D eigenvalue weighted by Crippen LogP contribution is -2.64. The molecule has 0 spiro atoms. The molecule has 0 saturated carbocycles. The van der Waals surface area contributed by atoms with Crippen molar-refractivity contribution in [1.29, 1.82) is 0 Å². The molecule has 0 N–H and O–H groups in total. The van der Waals surface area contributed by atoms with Gasteiger partial charge in [0.15, 0.2) is 0 Å². The molecule has 0 amide bonds. The number of benzene rings is 17. The van der Waals surface area contributed by atoms with Crippen LogP contribution in [0.1, 0.15) is 79.0 Å². The van der Waals surface area contributed by atoms with Crippen molar-refractivity contribution in [3.05, 3.63) is 417 Å². The van der Waals surface area contributed by atoms with Crippen molar-refractivity contribution in [3.8, 4) is 55.6 Å². The first-order chi connectivity index (χ1) is 59.5. The van der Waals surface area contributed by atoms with Gasteiger partial charge in [0.1, 0.15) is 0 Å². The fraction of sp³-hybridized carbons (Fsp3) is 0.105. The maximum atomic E-state index is 2.72. The fourth-order valence-corrected chi connectivity index (χ4v) is 20.6. The number of nitrogens with zero attached hydrogens (tertiary/aromatic N) is 5. The van der Waals surface area contributed by atoms with Gasteiger partial charge in [-0.05, 0) is 185 Å². The van der Waals surface area contributed by atoms with Gasteiger partial charge in [0.05, 0.1) is 28.4 Å². The zero-order chi connectivity index (χ0) is 82.7. The lowest BCUT2D eigenvalue weighted by molar-refractivity contribution is 0.590. The molecule has 4 heterocycles. The number of hydrogen-bond donors (Lipinski definition) is 0. The molecule has 0 saturated heterocycles. The van der Waals surface area contributed by atoms with Gasteiger partial charge in [-0.15, -0.1) is 0 Å². The van der Waals surface area contributed by atoms with E-state index in [0.29, 0.717) is 0 Å². The topological polar surface area (TPSA) is 16.2 Å². The first-order valence-corrected chi connectivity index (χ1v) is 43.7. The van der Waals surface area contributed by atoms with E-state index in [1.54, 1.807) is 0 Å². The molecular weight excluding hydrogens is 1490 g/mol. The standard InChI is InChI=1S/C114H93B2N5S/c1-112(2,3)81-64-58-78(59-65-81)89-46-25-30-53-98(89)117(84-40-19-12-20-41-84)87-70-104-109-105(71-87)120(100-55-32-27-48-91(100)80-62-68-83(69-63-80)114(7,8)9)101-56-33-28-51-94(101)115(109)96-74-97-103(75-102(96)119(104)86-44-23-14-24-45-86)121(111-92(76-36-15-10-16-37-76)49-35-50-93(111)77-38-17-11-18-39-77)106-72-88(73-108-110(106)116(97)95-52-29-34-57-107(95)122-108)118(85-42-21-13-22-43-85)99-54-31-26-47-90(99)79-60-66-82(67-61-79)113(4,5)6/h10-75H,1-9H3. The first-order valence-electron chi connectivity index (χ1n) is 42.9. The van der Waals surface area contributed by atoms with E-state index in [2.05, 4.69) is 487 Å². The van der Waals surface area contributed by atoms with Gasteiger partial charge >= 0.3 is 0 Å². The molecule has 0 aromatic heterocycles. The van der Waals surface area contributed by atoms with E-state index in [-0.39, 0.29) is 29.7 Å². The lowest BCUT2D eigenvalue weighted by atomic mass is 9.30. The van der Waals surface area contributed by atoms with Crippen LogP contribution in [-0.2, 0) is 16.2 Å². The summed E-state index contributed by atoms with van der Waals surface area (Å²) in [5, 5.41) is 0. The van der Waals surface area contributed by atoms with Gasteiger partial charge in [-0.1, -0.05) is 383 Å². The van der Waals surface area contributed by atoms with Gasteiger partial charge in [-0.3, -0.25) is 0 Å². The second kappa shape index (κ2) is 30.2. The number of para-hydroxylation sites is 8. The summed E-state index contributed by atoms with van der Waals surface area (Å²) < 4.78 is 0. The second-order valence-corrected chi connectivity index (χ2v) is 37.0. The highest BCUT2D eigenvalue weighted by Gasteiger charge is 2.49. The summed E-state index contributed by atoms with van der Waals surface area (Å²) in [7, 11) is 0. The summed E-state index contributed by atoms with van der Waals surface area (Å²) in [4.78, 5) is 15.5. The molecule has 4 aliphatic heterocycles. The van der Waals surface area contributed by atoms with Crippen LogP contribution in [0.4, 0.5) is 85.3 Å². The van der Waals surface area contributed by atoms with E-state index < -0.39 is 0 Å². The van der Waals surface area contributed by atoms with Gasteiger partial charge in [-0.2, -0.15) is 0 Å². The molecule has 586 valence electrons. The van der Waals surface area contributed by atoms with Crippen LogP contribution in [0.25, 0.3) is 55.6 Å². The molecule has 0 radical (unpaired) electrons. The van der Waals surface area contributed by atoms with Crippen molar-refractivity contribution < 1.29 is 0 Å². The Labute approximate surface area is 723 Å². The SMILES string of the molecule is CC(C)(C)c1ccc(-c2ccccc2N(c2ccccc2)c2cc3c4c(c2)N(c2c(-c5ccccc5)cccc2-c2ccccc2)c2cc5c(cc2B4c2ccccc2S3)B2c3ccccc3N(c3ccccc3-c3ccc(C(C)(C)C)cc3)c3cc(N(c4ccccc4)c4ccccc4-c4ccc(C(C)(C)C)cc4)cc(c32)N5c2ccccc2)cc1. The fourth-order valence-electron chi connectivity index (χ4n) is 19.4. The summed E-state index contributed by atoms with van der Waals surface area (Å²) in [6.07, 6.45) is 0. The van der Waals surface area contributed by atoms with E-state index in [9.17, 15) is 0 Å². The number of anilines is 15. The number of hydrogen-bond acceptors (Lipinski definition) is 6. The predicted octanol–water partition coefficient (Wildman–Crippen LogP) is 27.7. The van der Waals surface area contributed by atoms with Crippen molar-refractivity contribution in [2.75, 3.05) is 24.5 Å². The maximum absolute atomic E-state index is 2.72. The second-order valence-electron chi connectivity index (χ2n) is 36.0. The van der Waals surface area contributed by atoms with E-state index in [0.717, 1.165) is 141 Å². The smallest absolute Gasteiger partial charge is 0.252 e. The zero-order valence-corrected chi connectivity index (χ0v) is 71.2. The molecule has 17 aromatic carbocycles. The van der Waals surface area contributed by atoms with Crippen molar-refractivity contribution in [2.45, 2.75) is 88.3 Å². The Kier molecular flexibility index (Phi) is 18.7. The van der Waals surface area contributed by atoms with Crippen LogP contribution >= 0.6 is 11.8 Å². The normalized spacial score (nSPS) is 13.0. The van der Waals surface area contributed by atoms with Crippen molar-refractivity contribution in [3.63, 3.8) is 0 Å². The third-order valence-electron chi connectivity index (χ3n) is 25.4. The quantitative estimate of drug-likeness (QED) is 0.100. The molecule has 0 aliphatic carbocycles. The van der Waals surface area contributed by atoms with E-state index in [1.807, 2.05) is 11.8 Å². The molecule has 21 rings (SSSR count). The first kappa shape index (κ1) is 75.7. The summed E-state index contributed by atoms with van der Waals surface area (Å²) >= 11 is 1.90. The van der Waals surface area contributed by atoms with Crippen LogP contribution in [-0.4, -0.2) is 13.4 Å². The maximum Gasteiger partial charge on any atom is 0.252 e. The monoisotopic (exact) mass is 1590 g/mol. The summed E-state index contributed by atoms with van der Waals surface area (Å²) in [5.74, 6) is 0. The Hall–Kier alpha value is -13.8. The minimum absolute atomic E-state index is 0.0110. The Bertz CT molecular complexity index is 6800. The van der Waals surface area contributed by atoms with Crippen LogP contribution in [0.5, 0.6) is 0 Å². The lowest BCUT2D eigenvalue weighted by Gasteiger charge is -2.47. The average Bonchev–Trinajstić information content (AvgIpc) is 0.680. The van der Waals surface area contributed by atoms with Crippen LogP contribution in [0, 0.1) is 0 Å². The highest BCUT2D eigenvalue weighted by atomic mass is 32.2. The van der Waals surface area contributed by atoms with Crippen LogP contribution in [0.2, 0.25) is 0 Å². The Morgan fingerprint density at radius 3 is 1.11 bits per heavy atom. The molecule has 17 aromatic rings. The largest absolute Gasteiger partial charge is 0.311 e. The predicted molar refractivity (Wildman–Crippen MR) is 523 cm³/mol. The van der Waals surface area contributed by atoms with Crippen LogP contribution in [0.15, 0.2) is 410 Å². The van der Waals surface area contributed by atoms with Crippen molar-refractivity contribution >= 4 is 143 Å². The van der Waals surface area contributed by atoms with Gasteiger partial charge in [0.2, 0.25) is 6.71 Å². The molecule has 4 aliphatic rings. The van der Waals surface area contributed by atoms with Crippen molar-refractivity contribution in [1.82, 2.24) is 0 Å². The van der Waals surface area contributed by atoms with Crippen LogP contribution < -0.4 is 57.3 Å². The molecule has 122 heavy (non-hydrogen) atoms. The van der Waals surface area contributed by atoms with Crippen LogP contribution in [0.3, 0.4) is 0 Å². The number of fused-ring (bicyclic) bond motifs is 8. The zero-order valence-electron chi connectivity index (χ0n) is 70.4. The minimum atomic E-state index is -0.274. The molecular formula is C114H93B2N5S. The van der Waals surface area contributed by atoms with E-state index in [4.69, 9.17) is 0 Å². The molecule has 0 unspecified atom stereocenters. The van der Waals surface area contributed by atoms with Gasteiger partial charge < -0.3 is 24.5 Å². The summed E-state index contributed by atoms with van der Waals surface area (Å²) in [6, 6.07) is 152. The van der Waals surface area contributed by atoms with E-state index in [1.165, 1.54) is 59.3 Å². The average molecular weight is 1590 g/mol. The summed E-state index contributed by atoms with van der Waals surface area (Å²) in [5.41, 5.74) is 38.9. The molecule has 0 atom stereocenters. The highest BCUT2D eigenvalue weighted by Crippen LogP contribution is 2.56. The van der Waals surface area contributed by atoms with Gasteiger partial charge in [0.25, 0.3) is 6.71 Å². The van der Waals surface area contributed by atoms with Gasteiger partial charge in [0, 0.05) is 94.5 Å². The van der Waals surface area contributed by atoms with Gasteiger partial charge in [-0.25, -0.2) is 0 Å². The third-order valence-corrected chi connectivity index (χ3v) is 26.5. The Balaban J connectivity index is 0.884. The summed E-state index contributed by atoms with van der Waals surface area (Å²) in [6.45, 7) is 20.2. The van der Waals surface area contributed by atoms with Crippen molar-refractivity contribution in [2.24, 2.45) is 0 Å². The molecule has 0 fully saturated rings. The Morgan fingerprint density at radius 2 is 0.598 bits per heavy atom. The van der Waals surface area contributed by atoms with E-state index >= 15 is 0 Å². The third kappa shape index (κ3) is 13.1. The number of rotatable bonds is 14.